The fraction of sp³-hybridized carbons (Fsp3) is 0.214. The maximum Gasteiger partial charge on any atom is 0.341 e. The number of rotatable bonds is 4. The van der Waals surface area contributed by atoms with Crippen molar-refractivity contribution in [2.24, 2.45) is 0 Å². The highest BCUT2D eigenvalue weighted by molar-refractivity contribution is 7.17. The molecule has 6 rings (SSSR count). The molecular formula is C28H25N5O3S. The molecule has 8 nitrogen and oxygen atoms in total. The Hall–Kier alpha value is -4.24. The van der Waals surface area contributed by atoms with Gasteiger partial charge < -0.3 is 15.8 Å². The van der Waals surface area contributed by atoms with Crippen LogP contribution >= 0.6 is 11.3 Å². The molecular weight excluding hydrogens is 486 g/mol. The number of carbonyl (C=O) groups excluding carboxylic acids is 2. The van der Waals surface area contributed by atoms with Crippen LogP contribution in [0.5, 0.6) is 0 Å². The van der Waals surface area contributed by atoms with Gasteiger partial charge in [0, 0.05) is 10.6 Å². The Labute approximate surface area is 217 Å². The van der Waals surface area contributed by atoms with Crippen molar-refractivity contribution in [3.05, 3.63) is 75.7 Å². The number of nitrogens with one attached hydrogen (secondary N) is 1. The van der Waals surface area contributed by atoms with Gasteiger partial charge >= 0.3 is 5.97 Å². The SMILES string of the molecule is COC(=O)c1c(NC(=O)c2c(N)n(-c3cccc(C)c3)c3nc4ccccc4nc23)sc2c1CCCC2. The summed E-state index contributed by atoms with van der Waals surface area (Å²) in [6.07, 6.45) is 3.73. The van der Waals surface area contributed by atoms with E-state index in [1.165, 1.54) is 18.4 Å². The molecule has 1 amide bonds. The minimum absolute atomic E-state index is 0.219. The number of nitrogens with two attached hydrogens (primary N) is 1. The van der Waals surface area contributed by atoms with Crippen molar-refractivity contribution in [2.45, 2.75) is 32.6 Å². The molecule has 3 N–H and O–H groups in total. The second-order valence-corrected chi connectivity index (χ2v) is 10.3. The molecule has 0 bridgehead atoms. The first-order chi connectivity index (χ1) is 18.0. The van der Waals surface area contributed by atoms with Crippen molar-refractivity contribution >= 4 is 56.2 Å². The lowest BCUT2D eigenvalue weighted by Crippen LogP contribution is -2.16. The van der Waals surface area contributed by atoms with Crippen LogP contribution < -0.4 is 11.1 Å². The third kappa shape index (κ3) is 3.82. The summed E-state index contributed by atoms with van der Waals surface area (Å²) in [5.74, 6) is -0.660. The predicted molar refractivity (Wildman–Crippen MR) is 146 cm³/mol. The number of aryl methyl sites for hydroxylation is 2. The van der Waals surface area contributed by atoms with E-state index in [9.17, 15) is 9.59 Å². The molecule has 0 radical (unpaired) electrons. The first-order valence-corrected chi connectivity index (χ1v) is 13.0. The Morgan fingerprint density at radius 2 is 1.78 bits per heavy atom. The normalized spacial score (nSPS) is 13.0. The zero-order valence-corrected chi connectivity index (χ0v) is 21.3. The number of ether oxygens (including phenoxy) is 1. The van der Waals surface area contributed by atoms with Gasteiger partial charge in [-0.1, -0.05) is 24.3 Å². The van der Waals surface area contributed by atoms with E-state index in [1.807, 2.05) is 55.5 Å². The molecule has 3 aromatic heterocycles. The maximum atomic E-state index is 13.9. The molecule has 0 saturated carbocycles. The molecule has 1 aliphatic carbocycles. The van der Waals surface area contributed by atoms with Crippen molar-refractivity contribution in [1.82, 2.24) is 14.5 Å². The highest BCUT2D eigenvalue weighted by atomic mass is 32.1. The number of fused-ring (bicyclic) bond motifs is 3. The van der Waals surface area contributed by atoms with E-state index in [0.717, 1.165) is 47.4 Å². The topological polar surface area (TPSA) is 112 Å². The quantitative estimate of drug-likeness (QED) is 0.311. The van der Waals surface area contributed by atoms with Crippen LogP contribution in [0.1, 0.15) is 49.6 Å². The Balaban J connectivity index is 1.54. The molecule has 1 aliphatic rings. The highest BCUT2D eigenvalue weighted by Gasteiger charge is 2.30. The number of amides is 1. The van der Waals surface area contributed by atoms with Gasteiger partial charge in [-0.15, -0.1) is 11.3 Å². The first kappa shape index (κ1) is 23.2. The molecule has 0 unspecified atom stereocenters. The minimum atomic E-state index is -0.448. The lowest BCUT2D eigenvalue weighted by Gasteiger charge is -2.12. The summed E-state index contributed by atoms with van der Waals surface area (Å²) < 4.78 is 6.83. The molecule has 0 saturated heterocycles. The lowest BCUT2D eigenvalue weighted by molar-refractivity contribution is 0.0601. The number of hydrogen-bond donors (Lipinski definition) is 2. The molecule has 5 aromatic rings. The second kappa shape index (κ2) is 9.01. The third-order valence-electron chi connectivity index (χ3n) is 6.77. The largest absolute Gasteiger partial charge is 0.465 e. The number of benzene rings is 2. The lowest BCUT2D eigenvalue weighted by atomic mass is 9.95. The summed E-state index contributed by atoms with van der Waals surface area (Å²) in [6, 6.07) is 15.3. The van der Waals surface area contributed by atoms with Gasteiger partial charge in [0.2, 0.25) is 0 Å². The van der Waals surface area contributed by atoms with Crippen LogP contribution in [0.25, 0.3) is 27.9 Å². The van der Waals surface area contributed by atoms with Gasteiger partial charge in [-0.2, -0.15) is 0 Å². The Morgan fingerprint density at radius 1 is 1.03 bits per heavy atom. The van der Waals surface area contributed by atoms with E-state index in [-0.39, 0.29) is 11.4 Å². The molecule has 186 valence electrons. The predicted octanol–water partition coefficient (Wildman–Crippen LogP) is 5.44. The molecule has 0 fully saturated rings. The van der Waals surface area contributed by atoms with E-state index in [4.69, 9.17) is 20.4 Å². The van der Waals surface area contributed by atoms with Gasteiger partial charge in [0.15, 0.2) is 5.65 Å². The average Bonchev–Trinajstić information content (AvgIpc) is 3.40. The number of aromatic nitrogens is 3. The average molecular weight is 512 g/mol. The number of nitrogens with zero attached hydrogens (tertiary/aromatic N) is 3. The van der Waals surface area contributed by atoms with Gasteiger partial charge in [0.25, 0.3) is 5.91 Å². The number of methoxy groups -OCH3 is 1. The molecule has 9 heteroatoms. The summed E-state index contributed by atoms with van der Waals surface area (Å²) in [7, 11) is 1.36. The monoisotopic (exact) mass is 511 g/mol. The minimum Gasteiger partial charge on any atom is -0.465 e. The summed E-state index contributed by atoms with van der Waals surface area (Å²) in [5, 5.41) is 3.45. The zero-order chi connectivity index (χ0) is 25.7. The molecule has 0 aliphatic heterocycles. The molecule has 3 heterocycles. The smallest absolute Gasteiger partial charge is 0.341 e. The number of hydrogen-bond acceptors (Lipinski definition) is 7. The molecule has 37 heavy (non-hydrogen) atoms. The van der Waals surface area contributed by atoms with E-state index in [0.29, 0.717) is 32.8 Å². The summed E-state index contributed by atoms with van der Waals surface area (Å²) in [5.41, 5.74) is 12.4. The highest BCUT2D eigenvalue weighted by Crippen LogP contribution is 2.39. The van der Waals surface area contributed by atoms with Gasteiger partial charge in [-0.05, 0) is 68.0 Å². The number of esters is 1. The van der Waals surface area contributed by atoms with Crippen molar-refractivity contribution in [2.75, 3.05) is 18.2 Å². The van der Waals surface area contributed by atoms with Crippen LogP contribution in [0.4, 0.5) is 10.8 Å². The fourth-order valence-corrected chi connectivity index (χ4v) is 6.32. The Morgan fingerprint density at radius 3 is 2.54 bits per heavy atom. The number of nitrogen functional groups attached to an aromatic ring is 1. The standard InChI is InChI=1S/C28H25N5O3S/c1-15-8-7-9-16(14-15)33-24(29)22(23-25(33)31-19-12-5-4-11-18(19)30-23)26(34)32-27-21(28(35)36-2)17-10-3-6-13-20(17)37-27/h4-5,7-9,11-12,14H,3,6,10,13,29H2,1-2H3,(H,32,34). The summed E-state index contributed by atoms with van der Waals surface area (Å²) in [6.45, 7) is 1.99. The van der Waals surface area contributed by atoms with Crippen molar-refractivity contribution in [3.63, 3.8) is 0 Å². The number of para-hydroxylation sites is 2. The van der Waals surface area contributed by atoms with Crippen molar-refractivity contribution in [1.29, 1.82) is 0 Å². The molecule has 2 aromatic carbocycles. The zero-order valence-electron chi connectivity index (χ0n) is 20.5. The van der Waals surface area contributed by atoms with E-state index in [2.05, 4.69) is 5.32 Å². The van der Waals surface area contributed by atoms with E-state index >= 15 is 0 Å². The van der Waals surface area contributed by atoms with Gasteiger partial charge in [-0.25, -0.2) is 14.8 Å². The molecule has 0 spiro atoms. The number of carbonyl (C=O) groups is 2. The van der Waals surface area contributed by atoms with Gasteiger partial charge in [0.05, 0.1) is 23.7 Å². The number of thiophene rings is 1. The Kier molecular flexibility index (Phi) is 5.64. The summed E-state index contributed by atoms with van der Waals surface area (Å²) in [4.78, 5) is 37.3. The summed E-state index contributed by atoms with van der Waals surface area (Å²) >= 11 is 1.43. The third-order valence-corrected chi connectivity index (χ3v) is 7.98. The number of anilines is 2. The van der Waals surface area contributed by atoms with Crippen LogP contribution in [0.15, 0.2) is 48.5 Å². The van der Waals surface area contributed by atoms with Crippen LogP contribution in [0.2, 0.25) is 0 Å². The fourth-order valence-electron chi connectivity index (χ4n) is 5.05. The van der Waals surface area contributed by atoms with Crippen LogP contribution in [-0.2, 0) is 17.6 Å². The van der Waals surface area contributed by atoms with Crippen molar-refractivity contribution < 1.29 is 14.3 Å². The van der Waals surface area contributed by atoms with Crippen molar-refractivity contribution in [3.8, 4) is 5.69 Å². The van der Waals surface area contributed by atoms with Crippen LogP contribution in [0, 0.1) is 6.92 Å². The maximum absolute atomic E-state index is 13.9. The Bertz CT molecular complexity index is 1720. The van der Waals surface area contributed by atoms with Crippen LogP contribution in [-0.4, -0.2) is 33.5 Å². The van der Waals surface area contributed by atoms with Crippen LogP contribution in [0.3, 0.4) is 0 Å². The van der Waals surface area contributed by atoms with E-state index < -0.39 is 11.9 Å². The second-order valence-electron chi connectivity index (χ2n) is 9.18. The first-order valence-electron chi connectivity index (χ1n) is 12.1. The van der Waals surface area contributed by atoms with Gasteiger partial charge in [0.1, 0.15) is 21.9 Å². The molecule has 0 atom stereocenters. The van der Waals surface area contributed by atoms with E-state index in [1.54, 1.807) is 4.57 Å². The van der Waals surface area contributed by atoms with Gasteiger partial charge in [-0.3, -0.25) is 9.36 Å².